The summed E-state index contributed by atoms with van der Waals surface area (Å²) in [4.78, 5) is 23.3. The third-order valence-electron chi connectivity index (χ3n) is 3.26. The van der Waals surface area contributed by atoms with Crippen LogP contribution < -0.4 is 10.5 Å². The largest absolute Gasteiger partial charge is 0.452 e. The zero-order chi connectivity index (χ0) is 19.5. The number of sulfonamides is 1. The molecule has 0 aliphatic carbocycles. The zero-order valence-electron chi connectivity index (χ0n) is 13.5. The van der Waals surface area contributed by atoms with Gasteiger partial charge in [0.1, 0.15) is 5.82 Å². The Hall–Kier alpha value is -2.30. The monoisotopic (exact) mass is 444 g/mol. The van der Waals surface area contributed by atoms with Crippen molar-refractivity contribution in [3.8, 4) is 0 Å². The van der Waals surface area contributed by atoms with Gasteiger partial charge < -0.3 is 10.1 Å². The minimum Gasteiger partial charge on any atom is -0.452 e. The van der Waals surface area contributed by atoms with Crippen LogP contribution in [0.4, 0.5) is 10.1 Å². The number of ether oxygens (including phenoxy) is 1. The lowest BCUT2D eigenvalue weighted by Crippen LogP contribution is -2.22. The van der Waals surface area contributed by atoms with Crippen molar-refractivity contribution in [3.63, 3.8) is 0 Å². The van der Waals surface area contributed by atoms with E-state index in [1.54, 1.807) is 18.2 Å². The second kappa shape index (κ2) is 7.94. The molecule has 138 valence electrons. The topological polar surface area (TPSA) is 116 Å². The van der Waals surface area contributed by atoms with Crippen molar-refractivity contribution in [2.75, 3.05) is 11.9 Å². The van der Waals surface area contributed by atoms with E-state index in [0.717, 1.165) is 28.2 Å². The Morgan fingerprint density at radius 2 is 1.92 bits per heavy atom. The number of esters is 1. The van der Waals surface area contributed by atoms with E-state index in [1.165, 1.54) is 0 Å². The number of benzene rings is 2. The van der Waals surface area contributed by atoms with Crippen molar-refractivity contribution in [1.29, 1.82) is 0 Å². The van der Waals surface area contributed by atoms with Gasteiger partial charge in [0.15, 0.2) is 6.61 Å². The summed E-state index contributed by atoms with van der Waals surface area (Å²) < 4.78 is 41.9. The number of carbonyl (C=O) groups is 2. The molecule has 0 aromatic heterocycles. The third kappa shape index (κ3) is 5.10. The molecule has 1 amide bonds. The molecule has 2 aromatic carbocycles. The lowest BCUT2D eigenvalue weighted by atomic mass is 10.2. The first-order chi connectivity index (χ1) is 12.1. The van der Waals surface area contributed by atoms with Gasteiger partial charge in [-0.15, -0.1) is 0 Å². The highest BCUT2D eigenvalue weighted by Crippen LogP contribution is 2.20. The molecule has 0 bridgehead atoms. The zero-order valence-corrected chi connectivity index (χ0v) is 15.9. The first kappa shape index (κ1) is 20.0. The van der Waals surface area contributed by atoms with Crippen LogP contribution in [0, 0.1) is 12.7 Å². The van der Waals surface area contributed by atoms with Gasteiger partial charge in [-0.25, -0.2) is 22.7 Å². The quantitative estimate of drug-likeness (QED) is 0.686. The van der Waals surface area contributed by atoms with Crippen LogP contribution in [0.15, 0.2) is 45.8 Å². The standard InChI is InChI=1S/C16H14BrFN2O5S/c1-9-6-10(2-4-13(9)17)20-15(21)8-25-16(22)12-7-11(26(19,23)24)3-5-14(12)18/h2-7H,8H2,1H3,(H,20,21)(H2,19,23,24). The van der Waals surface area contributed by atoms with Gasteiger partial charge in [-0.05, 0) is 48.9 Å². The predicted octanol–water partition coefficient (Wildman–Crippen LogP) is 2.34. The SMILES string of the molecule is Cc1cc(NC(=O)COC(=O)c2cc(S(N)(=O)=O)ccc2F)ccc1Br. The average Bonchev–Trinajstić information content (AvgIpc) is 2.55. The summed E-state index contributed by atoms with van der Waals surface area (Å²) in [5.74, 6) is -2.82. The summed E-state index contributed by atoms with van der Waals surface area (Å²) >= 11 is 3.33. The van der Waals surface area contributed by atoms with Crippen LogP contribution in [0.3, 0.4) is 0 Å². The van der Waals surface area contributed by atoms with E-state index < -0.39 is 44.8 Å². The summed E-state index contributed by atoms with van der Waals surface area (Å²) in [6.07, 6.45) is 0. The number of rotatable bonds is 5. The Morgan fingerprint density at radius 3 is 2.54 bits per heavy atom. The molecule has 0 spiro atoms. The Labute approximate surface area is 157 Å². The Balaban J connectivity index is 2.04. The highest BCUT2D eigenvalue weighted by molar-refractivity contribution is 9.10. The Morgan fingerprint density at radius 1 is 1.23 bits per heavy atom. The number of anilines is 1. The number of hydrogen-bond acceptors (Lipinski definition) is 5. The maximum atomic E-state index is 13.7. The number of nitrogens with two attached hydrogens (primary N) is 1. The second-order valence-corrected chi connectivity index (χ2v) is 7.69. The van der Waals surface area contributed by atoms with E-state index in [1.807, 2.05) is 6.92 Å². The molecule has 2 aromatic rings. The van der Waals surface area contributed by atoms with E-state index in [0.29, 0.717) is 5.69 Å². The van der Waals surface area contributed by atoms with Crippen LogP contribution in [0.25, 0.3) is 0 Å². The van der Waals surface area contributed by atoms with Crippen LogP contribution in [-0.2, 0) is 19.6 Å². The van der Waals surface area contributed by atoms with Crippen molar-refractivity contribution in [1.82, 2.24) is 0 Å². The molecule has 10 heteroatoms. The van der Waals surface area contributed by atoms with Gasteiger partial charge in [-0.1, -0.05) is 15.9 Å². The van der Waals surface area contributed by atoms with Gasteiger partial charge in [-0.2, -0.15) is 0 Å². The molecular weight excluding hydrogens is 431 g/mol. The van der Waals surface area contributed by atoms with E-state index in [2.05, 4.69) is 21.2 Å². The van der Waals surface area contributed by atoms with E-state index >= 15 is 0 Å². The lowest BCUT2D eigenvalue weighted by molar-refractivity contribution is -0.119. The lowest BCUT2D eigenvalue weighted by Gasteiger charge is -2.09. The average molecular weight is 445 g/mol. The molecule has 0 saturated carbocycles. The molecule has 0 radical (unpaired) electrons. The number of aryl methyl sites for hydroxylation is 1. The summed E-state index contributed by atoms with van der Waals surface area (Å²) in [5, 5.41) is 7.46. The first-order valence-electron chi connectivity index (χ1n) is 7.13. The number of amides is 1. The number of halogens is 2. The minimum atomic E-state index is -4.11. The van der Waals surface area contributed by atoms with E-state index in [9.17, 15) is 22.4 Å². The van der Waals surface area contributed by atoms with Gasteiger partial charge in [0.2, 0.25) is 10.0 Å². The number of primary sulfonamides is 1. The molecular formula is C16H14BrFN2O5S. The van der Waals surface area contributed by atoms with Crippen molar-refractivity contribution >= 4 is 43.5 Å². The first-order valence-corrected chi connectivity index (χ1v) is 9.47. The highest BCUT2D eigenvalue weighted by atomic mass is 79.9. The summed E-state index contributed by atoms with van der Waals surface area (Å²) in [7, 11) is -4.11. The van der Waals surface area contributed by atoms with Crippen molar-refractivity contribution in [2.24, 2.45) is 5.14 Å². The number of hydrogen-bond donors (Lipinski definition) is 2. The fourth-order valence-corrected chi connectivity index (χ4v) is 2.75. The van der Waals surface area contributed by atoms with Crippen LogP contribution in [-0.4, -0.2) is 26.9 Å². The predicted molar refractivity (Wildman–Crippen MR) is 95.6 cm³/mol. The normalized spacial score (nSPS) is 11.1. The van der Waals surface area contributed by atoms with Crippen LogP contribution >= 0.6 is 15.9 Å². The van der Waals surface area contributed by atoms with Crippen molar-refractivity contribution in [3.05, 3.63) is 57.8 Å². The molecule has 0 heterocycles. The molecule has 0 fully saturated rings. The van der Waals surface area contributed by atoms with Crippen LogP contribution in [0.2, 0.25) is 0 Å². The maximum Gasteiger partial charge on any atom is 0.341 e. The highest BCUT2D eigenvalue weighted by Gasteiger charge is 2.19. The van der Waals surface area contributed by atoms with Crippen LogP contribution in [0.5, 0.6) is 0 Å². The second-order valence-electron chi connectivity index (χ2n) is 5.27. The number of nitrogens with one attached hydrogen (secondary N) is 1. The van der Waals surface area contributed by atoms with Gasteiger partial charge in [-0.3, -0.25) is 4.79 Å². The Kier molecular flexibility index (Phi) is 6.11. The molecule has 26 heavy (non-hydrogen) atoms. The third-order valence-corrected chi connectivity index (χ3v) is 5.06. The molecule has 7 nitrogen and oxygen atoms in total. The molecule has 0 aliphatic heterocycles. The van der Waals surface area contributed by atoms with Gasteiger partial charge in [0.25, 0.3) is 5.91 Å². The van der Waals surface area contributed by atoms with Crippen molar-refractivity contribution in [2.45, 2.75) is 11.8 Å². The molecule has 0 saturated heterocycles. The summed E-state index contributed by atoms with van der Waals surface area (Å²) in [6, 6.07) is 7.55. The fourth-order valence-electron chi connectivity index (χ4n) is 1.97. The summed E-state index contributed by atoms with van der Waals surface area (Å²) in [5.41, 5.74) is 0.750. The summed E-state index contributed by atoms with van der Waals surface area (Å²) in [6.45, 7) is 1.16. The molecule has 2 rings (SSSR count). The molecule has 0 atom stereocenters. The van der Waals surface area contributed by atoms with Crippen molar-refractivity contribution < 1.29 is 27.1 Å². The molecule has 3 N–H and O–H groups in total. The number of carbonyl (C=O) groups excluding carboxylic acids is 2. The van der Waals surface area contributed by atoms with Gasteiger partial charge >= 0.3 is 5.97 Å². The molecule has 0 unspecified atom stereocenters. The maximum absolute atomic E-state index is 13.7. The van der Waals surface area contributed by atoms with Crippen LogP contribution in [0.1, 0.15) is 15.9 Å². The molecule has 0 aliphatic rings. The minimum absolute atomic E-state index is 0.444. The smallest absolute Gasteiger partial charge is 0.341 e. The fraction of sp³-hybridized carbons (Fsp3) is 0.125. The van der Waals surface area contributed by atoms with Gasteiger partial charge in [0, 0.05) is 10.2 Å². The van der Waals surface area contributed by atoms with E-state index in [-0.39, 0.29) is 0 Å². The Bertz CT molecular complexity index is 979. The van der Waals surface area contributed by atoms with Gasteiger partial charge in [0.05, 0.1) is 10.5 Å². The van der Waals surface area contributed by atoms with E-state index in [4.69, 9.17) is 9.88 Å².